The Morgan fingerprint density at radius 1 is 1.69 bits per heavy atom. The number of hydrogen-bond donors (Lipinski definition) is 1. The van der Waals surface area contributed by atoms with Gasteiger partial charge in [0.15, 0.2) is 0 Å². The van der Waals surface area contributed by atoms with Gasteiger partial charge in [0.2, 0.25) is 9.05 Å². The SMILES string of the molecule is COC(CS(=O)(=O)Cl)C1CCNC1. The van der Waals surface area contributed by atoms with Crippen molar-refractivity contribution < 1.29 is 13.2 Å². The summed E-state index contributed by atoms with van der Waals surface area (Å²) in [5.41, 5.74) is 0. The molecule has 0 amide bonds. The van der Waals surface area contributed by atoms with Crippen LogP contribution in [-0.2, 0) is 13.8 Å². The highest BCUT2D eigenvalue weighted by Gasteiger charge is 2.28. The molecule has 0 bridgehead atoms. The Bertz CT molecular complexity index is 248. The topological polar surface area (TPSA) is 55.4 Å². The monoisotopic (exact) mass is 227 g/mol. The molecule has 1 aliphatic heterocycles. The highest BCUT2D eigenvalue weighted by molar-refractivity contribution is 8.13. The van der Waals surface area contributed by atoms with Crippen molar-refractivity contribution >= 4 is 19.7 Å². The van der Waals surface area contributed by atoms with Gasteiger partial charge in [-0.05, 0) is 18.9 Å². The average Bonchev–Trinajstić information content (AvgIpc) is 2.50. The molecule has 1 heterocycles. The second-order valence-corrected chi connectivity index (χ2v) is 6.05. The molecule has 0 aromatic heterocycles. The molecular weight excluding hydrogens is 214 g/mol. The Hall–Kier alpha value is 0.160. The van der Waals surface area contributed by atoms with Gasteiger partial charge in [-0.15, -0.1) is 0 Å². The van der Waals surface area contributed by atoms with Crippen LogP contribution in [0.4, 0.5) is 0 Å². The zero-order chi connectivity index (χ0) is 9.90. The van der Waals surface area contributed by atoms with Gasteiger partial charge in [-0.25, -0.2) is 8.42 Å². The third-order valence-corrected chi connectivity index (χ3v) is 3.39. The van der Waals surface area contributed by atoms with Crippen molar-refractivity contribution in [2.75, 3.05) is 26.0 Å². The standard InChI is InChI=1S/C7H14ClNO3S/c1-12-7(5-13(8,10)11)6-2-3-9-4-6/h6-7,9H,2-5H2,1H3. The Morgan fingerprint density at radius 2 is 2.38 bits per heavy atom. The molecule has 78 valence electrons. The van der Waals surface area contributed by atoms with E-state index in [1.54, 1.807) is 0 Å². The maximum Gasteiger partial charge on any atom is 0.235 e. The van der Waals surface area contributed by atoms with Gasteiger partial charge in [0, 0.05) is 24.3 Å². The lowest BCUT2D eigenvalue weighted by Gasteiger charge is -2.19. The molecule has 0 saturated carbocycles. The van der Waals surface area contributed by atoms with Crippen LogP contribution in [0.1, 0.15) is 6.42 Å². The summed E-state index contributed by atoms with van der Waals surface area (Å²) in [5.74, 6) is 0.163. The predicted octanol–water partition coefficient (Wildman–Crippen LogP) is 0.180. The van der Waals surface area contributed by atoms with E-state index in [4.69, 9.17) is 15.4 Å². The summed E-state index contributed by atoms with van der Waals surface area (Å²) >= 11 is 0. The molecule has 0 aromatic rings. The smallest absolute Gasteiger partial charge is 0.235 e. The van der Waals surface area contributed by atoms with Crippen LogP contribution in [0.25, 0.3) is 0 Å². The van der Waals surface area contributed by atoms with E-state index in [0.717, 1.165) is 19.5 Å². The fourth-order valence-electron chi connectivity index (χ4n) is 1.59. The van der Waals surface area contributed by atoms with Crippen LogP contribution >= 0.6 is 10.7 Å². The van der Waals surface area contributed by atoms with Crippen LogP contribution in [0, 0.1) is 5.92 Å². The van der Waals surface area contributed by atoms with Crippen molar-refractivity contribution in [1.82, 2.24) is 5.32 Å². The van der Waals surface area contributed by atoms with E-state index in [2.05, 4.69) is 5.32 Å². The number of rotatable bonds is 4. The maximum atomic E-state index is 10.8. The quantitative estimate of drug-likeness (QED) is 0.697. The van der Waals surface area contributed by atoms with Gasteiger partial charge in [-0.2, -0.15) is 0 Å². The van der Waals surface area contributed by atoms with Crippen LogP contribution in [0.15, 0.2) is 0 Å². The Labute approximate surface area is 83.0 Å². The van der Waals surface area contributed by atoms with Gasteiger partial charge < -0.3 is 10.1 Å². The lowest BCUT2D eigenvalue weighted by atomic mass is 10.0. The summed E-state index contributed by atoms with van der Waals surface area (Å²) in [6, 6.07) is 0. The molecule has 6 heteroatoms. The largest absolute Gasteiger partial charge is 0.380 e. The van der Waals surface area contributed by atoms with E-state index < -0.39 is 9.05 Å². The van der Waals surface area contributed by atoms with Crippen molar-refractivity contribution in [3.05, 3.63) is 0 Å². The molecule has 1 saturated heterocycles. The Kier molecular flexibility index (Phi) is 3.97. The number of hydrogen-bond acceptors (Lipinski definition) is 4. The third kappa shape index (κ3) is 3.81. The van der Waals surface area contributed by atoms with Crippen molar-refractivity contribution in [3.8, 4) is 0 Å². The molecular formula is C7H14ClNO3S. The van der Waals surface area contributed by atoms with Crippen molar-refractivity contribution in [2.24, 2.45) is 5.92 Å². The minimum absolute atomic E-state index is 0.0998. The van der Waals surface area contributed by atoms with Crippen LogP contribution in [-0.4, -0.2) is 40.5 Å². The molecule has 1 rings (SSSR count). The molecule has 2 unspecified atom stereocenters. The van der Waals surface area contributed by atoms with Gasteiger partial charge in [-0.1, -0.05) is 0 Å². The van der Waals surface area contributed by atoms with Gasteiger partial charge in [0.25, 0.3) is 0 Å². The first-order chi connectivity index (χ1) is 6.03. The summed E-state index contributed by atoms with van der Waals surface area (Å²) in [4.78, 5) is 0. The van der Waals surface area contributed by atoms with E-state index in [0.29, 0.717) is 0 Å². The highest BCUT2D eigenvalue weighted by Crippen LogP contribution is 2.18. The van der Waals surface area contributed by atoms with Gasteiger partial charge in [0.1, 0.15) is 0 Å². The fraction of sp³-hybridized carbons (Fsp3) is 1.00. The second kappa shape index (κ2) is 4.59. The minimum atomic E-state index is -3.45. The van der Waals surface area contributed by atoms with Crippen LogP contribution in [0.5, 0.6) is 0 Å². The molecule has 2 atom stereocenters. The van der Waals surface area contributed by atoms with E-state index in [9.17, 15) is 8.42 Å². The van der Waals surface area contributed by atoms with Gasteiger partial charge >= 0.3 is 0 Å². The van der Waals surface area contributed by atoms with Crippen molar-refractivity contribution in [3.63, 3.8) is 0 Å². The first kappa shape index (κ1) is 11.2. The second-order valence-electron chi connectivity index (χ2n) is 3.23. The van der Waals surface area contributed by atoms with Crippen molar-refractivity contribution in [1.29, 1.82) is 0 Å². The summed E-state index contributed by atoms with van der Waals surface area (Å²) in [6.07, 6.45) is 0.669. The van der Waals surface area contributed by atoms with E-state index in [1.165, 1.54) is 7.11 Å². The van der Waals surface area contributed by atoms with E-state index >= 15 is 0 Å². The third-order valence-electron chi connectivity index (χ3n) is 2.29. The summed E-state index contributed by atoms with van der Waals surface area (Å²) in [5, 5.41) is 3.15. The fourth-order valence-corrected chi connectivity index (χ4v) is 2.76. The number of nitrogens with one attached hydrogen (secondary N) is 1. The minimum Gasteiger partial charge on any atom is -0.380 e. The molecule has 0 radical (unpaired) electrons. The van der Waals surface area contributed by atoms with Gasteiger partial charge in [0.05, 0.1) is 11.9 Å². The number of methoxy groups -OCH3 is 1. The molecule has 4 nitrogen and oxygen atoms in total. The lowest BCUT2D eigenvalue weighted by molar-refractivity contribution is 0.0769. The van der Waals surface area contributed by atoms with Crippen LogP contribution in [0.3, 0.4) is 0 Å². The molecule has 1 aliphatic rings. The zero-order valence-electron chi connectivity index (χ0n) is 7.49. The summed E-state index contributed by atoms with van der Waals surface area (Å²) in [6.45, 7) is 1.73. The molecule has 13 heavy (non-hydrogen) atoms. The molecule has 1 N–H and O–H groups in total. The molecule has 0 spiro atoms. The average molecular weight is 228 g/mol. The highest BCUT2D eigenvalue weighted by atomic mass is 35.7. The predicted molar refractivity (Wildman–Crippen MR) is 51.4 cm³/mol. The summed E-state index contributed by atoms with van der Waals surface area (Å²) in [7, 11) is 3.22. The number of ether oxygens (including phenoxy) is 1. The molecule has 1 fully saturated rings. The van der Waals surface area contributed by atoms with Gasteiger partial charge in [-0.3, -0.25) is 0 Å². The van der Waals surface area contributed by atoms with Crippen LogP contribution in [0.2, 0.25) is 0 Å². The zero-order valence-corrected chi connectivity index (χ0v) is 9.07. The van der Waals surface area contributed by atoms with E-state index in [-0.39, 0.29) is 17.8 Å². The first-order valence-electron chi connectivity index (χ1n) is 4.19. The van der Waals surface area contributed by atoms with Crippen molar-refractivity contribution in [2.45, 2.75) is 12.5 Å². The lowest BCUT2D eigenvalue weighted by Crippen LogP contribution is -2.30. The molecule has 0 aliphatic carbocycles. The Balaban J connectivity index is 2.51. The van der Waals surface area contributed by atoms with E-state index in [1.807, 2.05) is 0 Å². The number of halogens is 1. The Morgan fingerprint density at radius 3 is 2.77 bits per heavy atom. The first-order valence-corrected chi connectivity index (χ1v) is 6.66. The summed E-state index contributed by atoms with van der Waals surface area (Å²) < 4.78 is 26.8. The van der Waals surface area contributed by atoms with Crippen LogP contribution < -0.4 is 5.32 Å². The maximum absolute atomic E-state index is 10.8. The molecule has 0 aromatic carbocycles. The normalized spacial score (nSPS) is 26.2.